The van der Waals surface area contributed by atoms with Gasteiger partial charge in [0.1, 0.15) is 0 Å². The number of hydrogen-bond donors (Lipinski definition) is 2. The van der Waals surface area contributed by atoms with Gasteiger partial charge in [0.05, 0.1) is 12.8 Å². The van der Waals surface area contributed by atoms with Crippen molar-refractivity contribution in [2.45, 2.75) is 50.4 Å². The lowest BCUT2D eigenvalue weighted by molar-refractivity contribution is -0.212. The van der Waals surface area contributed by atoms with E-state index >= 15 is 4.39 Å². The van der Waals surface area contributed by atoms with Crippen molar-refractivity contribution in [2.24, 2.45) is 41.4 Å². The summed E-state index contributed by atoms with van der Waals surface area (Å²) in [6.07, 6.45) is 6.88. The van der Waals surface area contributed by atoms with Crippen molar-refractivity contribution in [1.29, 1.82) is 0 Å². The monoisotopic (exact) mass is 438 g/mol. The molecule has 0 saturated heterocycles. The lowest BCUT2D eigenvalue weighted by Crippen LogP contribution is -2.66. The molecule has 2 N–H and O–H groups in total. The third kappa shape index (κ3) is 2.79. The molecule has 1 aromatic carbocycles. The zero-order chi connectivity index (χ0) is 20.8. The van der Waals surface area contributed by atoms with Crippen LogP contribution in [0.3, 0.4) is 0 Å². The summed E-state index contributed by atoms with van der Waals surface area (Å²) in [5.41, 5.74) is 0.313. The summed E-state index contributed by atoms with van der Waals surface area (Å²) in [7, 11) is -4.11. The van der Waals surface area contributed by atoms with Gasteiger partial charge in [-0.25, -0.2) is 4.39 Å². The van der Waals surface area contributed by atoms with Gasteiger partial charge < -0.3 is 14.5 Å². The second kappa shape index (κ2) is 6.52. The fourth-order valence-electron chi connectivity index (χ4n) is 8.74. The first-order valence-corrected chi connectivity index (χ1v) is 13.2. The van der Waals surface area contributed by atoms with Gasteiger partial charge in [-0.15, -0.1) is 0 Å². The molecule has 30 heavy (non-hydrogen) atoms. The molecular formula is C23H29F2O4P. The van der Waals surface area contributed by atoms with Crippen LogP contribution in [0.25, 0.3) is 0 Å². The summed E-state index contributed by atoms with van der Waals surface area (Å²) in [5.74, 6) is 3.58. The Kier molecular flexibility index (Phi) is 4.28. The van der Waals surface area contributed by atoms with Crippen molar-refractivity contribution < 1.29 is 27.9 Å². The molecular weight excluding hydrogens is 409 g/mol. The van der Waals surface area contributed by atoms with Crippen LogP contribution in [0.2, 0.25) is 0 Å². The van der Waals surface area contributed by atoms with E-state index in [4.69, 9.17) is 14.5 Å². The van der Waals surface area contributed by atoms with Crippen LogP contribution in [0.4, 0.5) is 8.78 Å². The van der Waals surface area contributed by atoms with Gasteiger partial charge in [0.15, 0.2) is 11.6 Å². The van der Waals surface area contributed by atoms with E-state index < -0.39 is 19.2 Å². The third-order valence-corrected chi connectivity index (χ3v) is 10.4. The molecule has 8 bridgehead atoms. The second-order valence-corrected chi connectivity index (χ2v) is 12.6. The Morgan fingerprint density at radius 1 is 0.933 bits per heavy atom. The largest absolute Gasteiger partial charge is 0.490 e. The molecule has 164 valence electrons. The maximum Gasteiger partial charge on any atom is 0.325 e. The van der Waals surface area contributed by atoms with E-state index in [9.17, 15) is 8.96 Å². The minimum Gasteiger partial charge on any atom is -0.490 e. The Morgan fingerprint density at radius 2 is 1.50 bits per heavy atom. The Labute approximate surface area is 175 Å². The van der Waals surface area contributed by atoms with Crippen LogP contribution in [-0.4, -0.2) is 22.6 Å². The van der Waals surface area contributed by atoms with Gasteiger partial charge in [0, 0.05) is 0 Å². The normalized spacial score (nSPS) is 42.9. The maximum atomic E-state index is 15.3. The van der Waals surface area contributed by atoms with Crippen LogP contribution in [0.5, 0.6) is 5.75 Å². The second-order valence-electron chi connectivity index (χ2n) is 10.8. The van der Waals surface area contributed by atoms with Crippen molar-refractivity contribution in [3.05, 3.63) is 29.3 Å². The topological polar surface area (TPSA) is 66.8 Å². The number of rotatable bonds is 6. The van der Waals surface area contributed by atoms with E-state index in [1.54, 1.807) is 6.07 Å². The zero-order valence-electron chi connectivity index (χ0n) is 17.0. The first kappa shape index (κ1) is 19.7. The van der Waals surface area contributed by atoms with Crippen molar-refractivity contribution in [2.75, 3.05) is 12.8 Å². The molecule has 1 aromatic rings. The van der Waals surface area contributed by atoms with Crippen LogP contribution in [0.1, 0.15) is 50.5 Å². The van der Waals surface area contributed by atoms with E-state index in [1.165, 1.54) is 25.3 Å². The summed E-state index contributed by atoms with van der Waals surface area (Å²) in [6, 6.07) is 3.24. The summed E-state index contributed by atoms with van der Waals surface area (Å²) in [6.45, 7) is -0.0512. The van der Waals surface area contributed by atoms with Gasteiger partial charge in [0.2, 0.25) is 5.82 Å². The molecule has 0 aromatic heterocycles. The Morgan fingerprint density at radius 3 is 2.03 bits per heavy atom. The highest BCUT2D eigenvalue weighted by Gasteiger charge is 2.67. The lowest BCUT2D eigenvalue weighted by atomic mass is 9.32. The van der Waals surface area contributed by atoms with E-state index in [0.717, 1.165) is 42.9 Å². The predicted octanol–water partition coefficient (Wildman–Crippen LogP) is 4.87. The number of halogens is 2. The Hall–Kier alpha value is -0.970. The fraction of sp³-hybridized carbons (Fsp3) is 0.739. The first-order chi connectivity index (χ1) is 14.3. The van der Waals surface area contributed by atoms with E-state index in [-0.39, 0.29) is 30.4 Å². The first-order valence-electron chi connectivity index (χ1n) is 11.4. The average Bonchev–Trinajstić information content (AvgIpc) is 2.70. The lowest BCUT2D eigenvalue weighted by Gasteiger charge is -2.72. The van der Waals surface area contributed by atoms with Gasteiger partial charge in [-0.2, -0.15) is 4.39 Å². The maximum absolute atomic E-state index is 15.3. The van der Waals surface area contributed by atoms with Crippen molar-refractivity contribution in [3.63, 3.8) is 0 Å². The number of hydrogen-bond acceptors (Lipinski definition) is 2. The molecule has 8 rings (SSSR count). The Bertz CT molecular complexity index is 868. The smallest absolute Gasteiger partial charge is 0.325 e. The van der Waals surface area contributed by atoms with Crippen molar-refractivity contribution in [3.8, 4) is 5.75 Å². The molecule has 7 heteroatoms. The Balaban J connectivity index is 1.25. The minimum atomic E-state index is -4.11. The highest BCUT2D eigenvalue weighted by Crippen LogP contribution is 2.74. The number of benzene rings is 1. The zero-order valence-corrected chi connectivity index (χ0v) is 17.9. The van der Waals surface area contributed by atoms with Crippen molar-refractivity contribution >= 4 is 7.60 Å². The molecule has 7 aliphatic carbocycles. The SMILES string of the molecule is O=P(O)(O)CCCOc1ccc(C23CC4C5CC6CC4C(C2)C(C6)C5C3)c(F)c1F. The van der Waals surface area contributed by atoms with E-state index in [1.807, 2.05) is 0 Å². The molecule has 0 spiro atoms. The van der Waals surface area contributed by atoms with Crippen LogP contribution in [0, 0.1) is 53.1 Å². The molecule has 0 atom stereocenters. The summed E-state index contributed by atoms with van der Waals surface area (Å²) < 4.78 is 46.4. The molecule has 0 radical (unpaired) electrons. The van der Waals surface area contributed by atoms with Gasteiger partial charge in [-0.1, -0.05) is 6.07 Å². The number of ether oxygens (including phenoxy) is 1. The van der Waals surface area contributed by atoms with Crippen LogP contribution >= 0.6 is 7.60 Å². The fourth-order valence-corrected chi connectivity index (χ4v) is 9.29. The van der Waals surface area contributed by atoms with E-state index in [2.05, 4.69) is 0 Å². The minimum absolute atomic E-state index is 0.0512. The van der Waals surface area contributed by atoms with Gasteiger partial charge >= 0.3 is 7.60 Å². The molecule has 7 saturated carbocycles. The molecule has 0 unspecified atom stereocenters. The standard InChI is InChI=1S/C23H29F2O4P/c24-21-19(2-3-20(22(21)25)29-4-1-5-30(26,27)28)23-9-16-13-6-12-7-14(16)18(11-23)15(8-12)17(13)10-23/h2-3,12-18H,1,4-11H2,(H2,26,27,28). The van der Waals surface area contributed by atoms with Gasteiger partial charge in [-0.3, -0.25) is 4.57 Å². The molecule has 0 heterocycles. The summed E-state index contributed by atoms with van der Waals surface area (Å²) in [4.78, 5) is 17.8. The van der Waals surface area contributed by atoms with Crippen LogP contribution < -0.4 is 4.74 Å². The third-order valence-electron chi connectivity index (χ3n) is 9.47. The molecule has 0 aliphatic heterocycles. The average molecular weight is 438 g/mol. The quantitative estimate of drug-likeness (QED) is 0.491. The van der Waals surface area contributed by atoms with Gasteiger partial charge in [-0.05, 0) is 103 Å². The van der Waals surface area contributed by atoms with E-state index in [0.29, 0.717) is 23.3 Å². The molecule has 7 aliphatic rings. The highest BCUT2D eigenvalue weighted by molar-refractivity contribution is 7.51. The summed E-state index contributed by atoms with van der Waals surface area (Å²) >= 11 is 0. The van der Waals surface area contributed by atoms with Crippen LogP contribution in [0.15, 0.2) is 12.1 Å². The predicted molar refractivity (Wildman–Crippen MR) is 107 cm³/mol. The molecule has 4 nitrogen and oxygen atoms in total. The van der Waals surface area contributed by atoms with Gasteiger partial charge in [0.25, 0.3) is 0 Å². The van der Waals surface area contributed by atoms with Crippen molar-refractivity contribution in [1.82, 2.24) is 0 Å². The molecule has 0 amide bonds. The van der Waals surface area contributed by atoms with Crippen LogP contribution in [-0.2, 0) is 9.98 Å². The molecule has 7 fully saturated rings. The highest BCUT2D eigenvalue weighted by atomic mass is 31.2. The summed E-state index contributed by atoms with van der Waals surface area (Å²) in [5, 5.41) is 0.